The fraction of sp³-hybridized carbons (Fsp3) is 0.579. The molecule has 0 aliphatic carbocycles. The van der Waals surface area contributed by atoms with Gasteiger partial charge in [0.15, 0.2) is 5.96 Å². The smallest absolute Gasteiger partial charge is 0.224 e. The van der Waals surface area contributed by atoms with E-state index in [0.717, 1.165) is 36.6 Å². The van der Waals surface area contributed by atoms with Gasteiger partial charge in [-0.2, -0.15) is 0 Å². The Bertz CT molecular complexity index is 532. The van der Waals surface area contributed by atoms with Gasteiger partial charge in [0.2, 0.25) is 5.91 Å². The minimum atomic E-state index is 0.0502. The van der Waals surface area contributed by atoms with E-state index in [-0.39, 0.29) is 5.91 Å². The number of carbonyl (C=O) groups excluding carboxylic acids is 1. The van der Waals surface area contributed by atoms with Crippen LogP contribution in [0.25, 0.3) is 0 Å². The first-order chi connectivity index (χ1) is 12.7. The van der Waals surface area contributed by atoms with Gasteiger partial charge < -0.3 is 25.4 Å². The van der Waals surface area contributed by atoms with Crippen LogP contribution in [0.5, 0.6) is 0 Å². The summed E-state index contributed by atoms with van der Waals surface area (Å²) in [5, 5.41) is 9.40. The highest BCUT2D eigenvalue weighted by Gasteiger charge is 2.02. The van der Waals surface area contributed by atoms with Gasteiger partial charge in [0.1, 0.15) is 0 Å². The Morgan fingerprint density at radius 1 is 1.12 bits per heavy atom. The molecule has 26 heavy (non-hydrogen) atoms. The van der Waals surface area contributed by atoms with Gasteiger partial charge in [-0.25, -0.2) is 0 Å². The van der Waals surface area contributed by atoms with E-state index < -0.39 is 0 Å². The Hall–Kier alpha value is -2.12. The van der Waals surface area contributed by atoms with Crippen LogP contribution in [0.1, 0.15) is 31.7 Å². The fourth-order valence-electron chi connectivity index (χ4n) is 2.19. The normalized spacial score (nSPS) is 11.3. The molecule has 0 atom stereocenters. The molecule has 0 saturated heterocycles. The molecule has 146 valence electrons. The Morgan fingerprint density at radius 2 is 1.88 bits per heavy atom. The SMILES string of the molecule is CCCC(=O)Nc1ccc(CNC(=NC)NCCCOCCOC)cc1. The number of hydrogen-bond donors (Lipinski definition) is 3. The third-order valence-corrected chi connectivity index (χ3v) is 3.59. The third kappa shape index (κ3) is 10.0. The lowest BCUT2D eigenvalue weighted by atomic mass is 10.2. The highest BCUT2D eigenvalue weighted by Crippen LogP contribution is 2.10. The van der Waals surface area contributed by atoms with Gasteiger partial charge in [0, 0.05) is 46.0 Å². The van der Waals surface area contributed by atoms with Gasteiger partial charge in [0.05, 0.1) is 13.2 Å². The lowest BCUT2D eigenvalue weighted by molar-refractivity contribution is -0.116. The predicted molar refractivity (Wildman–Crippen MR) is 105 cm³/mol. The van der Waals surface area contributed by atoms with E-state index >= 15 is 0 Å². The molecule has 0 heterocycles. The quantitative estimate of drug-likeness (QED) is 0.301. The second kappa shape index (κ2) is 14.1. The number of nitrogens with zero attached hydrogens (tertiary/aromatic N) is 1. The average molecular weight is 364 g/mol. The number of carbonyl (C=O) groups is 1. The van der Waals surface area contributed by atoms with Crippen molar-refractivity contribution in [2.75, 3.05) is 45.8 Å². The highest BCUT2D eigenvalue weighted by molar-refractivity contribution is 5.90. The van der Waals surface area contributed by atoms with Crippen molar-refractivity contribution >= 4 is 17.6 Å². The number of aliphatic imine (C=N–C) groups is 1. The first-order valence-electron chi connectivity index (χ1n) is 9.09. The van der Waals surface area contributed by atoms with Gasteiger partial charge in [-0.05, 0) is 30.5 Å². The van der Waals surface area contributed by atoms with E-state index in [4.69, 9.17) is 9.47 Å². The number of nitrogens with one attached hydrogen (secondary N) is 3. The Morgan fingerprint density at radius 3 is 2.54 bits per heavy atom. The van der Waals surface area contributed by atoms with Crippen molar-refractivity contribution in [2.24, 2.45) is 4.99 Å². The average Bonchev–Trinajstić information content (AvgIpc) is 2.65. The van der Waals surface area contributed by atoms with Crippen LogP contribution in [0.15, 0.2) is 29.3 Å². The second-order valence-electron chi connectivity index (χ2n) is 5.81. The molecule has 7 heteroatoms. The summed E-state index contributed by atoms with van der Waals surface area (Å²) in [4.78, 5) is 15.8. The molecule has 1 amide bonds. The van der Waals surface area contributed by atoms with Gasteiger partial charge in [-0.3, -0.25) is 9.79 Å². The number of hydrogen-bond acceptors (Lipinski definition) is 4. The molecule has 1 aromatic rings. The van der Waals surface area contributed by atoms with Crippen molar-refractivity contribution in [1.82, 2.24) is 10.6 Å². The van der Waals surface area contributed by atoms with Crippen molar-refractivity contribution < 1.29 is 14.3 Å². The molecule has 1 aromatic carbocycles. The number of ether oxygens (including phenoxy) is 2. The molecule has 1 rings (SSSR count). The molecular formula is C19H32N4O3. The first kappa shape index (κ1) is 21.9. The monoisotopic (exact) mass is 364 g/mol. The maximum absolute atomic E-state index is 11.6. The zero-order valence-electron chi connectivity index (χ0n) is 16.1. The lowest BCUT2D eigenvalue weighted by Gasteiger charge is -2.12. The number of amides is 1. The van der Waals surface area contributed by atoms with Gasteiger partial charge >= 0.3 is 0 Å². The molecule has 0 unspecified atom stereocenters. The van der Waals surface area contributed by atoms with E-state index in [1.54, 1.807) is 14.2 Å². The number of rotatable bonds is 12. The lowest BCUT2D eigenvalue weighted by Crippen LogP contribution is -2.37. The molecule has 0 saturated carbocycles. The molecular weight excluding hydrogens is 332 g/mol. The zero-order chi connectivity index (χ0) is 19.0. The standard InChI is InChI=1S/C19H32N4O3/c1-4-6-18(24)23-17-9-7-16(8-10-17)15-22-19(20-2)21-11-5-12-26-14-13-25-3/h7-10H,4-6,11-15H2,1-3H3,(H,23,24)(H2,20,21,22). The van der Waals surface area contributed by atoms with Crippen LogP contribution < -0.4 is 16.0 Å². The van der Waals surface area contributed by atoms with E-state index in [1.807, 2.05) is 31.2 Å². The zero-order valence-corrected chi connectivity index (χ0v) is 16.1. The van der Waals surface area contributed by atoms with Crippen LogP contribution in [-0.2, 0) is 20.8 Å². The van der Waals surface area contributed by atoms with Gasteiger partial charge in [0.25, 0.3) is 0 Å². The Labute approximate surface area is 156 Å². The fourth-order valence-corrected chi connectivity index (χ4v) is 2.19. The van der Waals surface area contributed by atoms with Crippen LogP contribution in [-0.4, -0.2) is 52.4 Å². The maximum Gasteiger partial charge on any atom is 0.224 e. The minimum absolute atomic E-state index is 0.0502. The summed E-state index contributed by atoms with van der Waals surface area (Å²) < 4.78 is 10.3. The number of methoxy groups -OCH3 is 1. The van der Waals surface area contributed by atoms with Crippen molar-refractivity contribution in [3.05, 3.63) is 29.8 Å². The predicted octanol–water partition coefficient (Wildman–Crippen LogP) is 2.14. The van der Waals surface area contributed by atoms with Gasteiger partial charge in [-0.1, -0.05) is 19.1 Å². The second-order valence-corrected chi connectivity index (χ2v) is 5.81. The van der Waals surface area contributed by atoms with Crippen LogP contribution in [0, 0.1) is 0 Å². The summed E-state index contributed by atoms with van der Waals surface area (Å²) in [6.07, 6.45) is 2.29. The van der Waals surface area contributed by atoms with Crippen LogP contribution in [0.4, 0.5) is 5.69 Å². The first-order valence-corrected chi connectivity index (χ1v) is 9.09. The summed E-state index contributed by atoms with van der Waals surface area (Å²) in [5.74, 6) is 0.802. The van der Waals surface area contributed by atoms with Crippen molar-refractivity contribution in [1.29, 1.82) is 0 Å². The Kier molecular flexibility index (Phi) is 11.9. The summed E-state index contributed by atoms with van der Waals surface area (Å²) >= 11 is 0. The molecule has 3 N–H and O–H groups in total. The summed E-state index contributed by atoms with van der Waals surface area (Å²) in [6.45, 7) is 5.38. The van der Waals surface area contributed by atoms with Crippen LogP contribution in [0.2, 0.25) is 0 Å². The highest BCUT2D eigenvalue weighted by atomic mass is 16.5. The van der Waals surface area contributed by atoms with E-state index in [1.165, 1.54) is 0 Å². The largest absolute Gasteiger partial charge is 0.382 e. The summed E-state index contributed by atoms with van der Waals surface area (Å²) in [7, 11) is 3.41. The molecule has 0 aliphatic rings. The maximum atomic E-state index is 11.6. The molecule has 0 radical (unpaired) electrons. The van der Waals surface area contributed by atoms with E-state index in [9.17, 15) is 4.79 Å². The van der Waals surface area contributed by atoms with Gasteiger partial charge in [-0.15, -0.1) is 0 Å². The van der Waals surface area contributed by atoms with Crippen LogP contribution >= 0.6 is 0 Å². The molecule has 0 fully saturated rings. The van der Waals surface area contributed by atoms with Crippen molar-refractivity contribution in [3.8, 4) is 0 Å². The number of anilines is 1. The Balaban J connectivity index is 2.25. The molecule has 7 nitrogen and oxygen atoms in total. The summed E-state index contributed by atoms with van der Waals surface area (Å²) in [6, 6.07) is 7.81. The van der Waals surface area contributed by atoms with Crippen molar-refractivity contribution in [3.63, 3.8) is 0 Å². The number of benzene rings is 1. The van der Waals surface area contributed by atoms with E-state index in [2.05, 4.69) is 20.9 Å². The molecule has 0 spiro atoms. The molecule has 0 bridgehead atoms. The molecule has 0 aromatic heterocycles. The third-order valence-electron chi connectivity index (χ3n) is 3.59. The van der Waals surface area contributed by atoms with Crippen LogP contribution in [0.3, 0.4) is 0 Å². The number of guanidine groups is 1. The van der Waals surface area contributed by atoms with E-state index in [0.29, 0.717) is 32.8 Å². The van der Waals surface area contributed by atoms with Crippen molar-refractivity contribution in [2.45, 2.75) is 32.7 Å². The topological polar surface area (TPSA) is 84.0 Å². The molecule has 0 aliphatic heterocycles. The summed E-state index contributed by atoms with van der Waals surface area (Å²) in [5.41, 5.74) is 1.94. The minimum Gasteiger partial charge on any atom is -0.382 e.